The molecule has 2 rings (SSSR count). The Labute approximate surface area is 111 Å². The van der Waals surface area contributed by atoms with Gasteiger partial charge >= 0.3 is 0 Å². The number of nitrogen functional groups attached to an aromatic ring is 1. The van der Waals surface area contributed by atoms with E-state index in [2.05, 4.69) is 20.9 Å². The molecule has 2 N–H and O–H groups in total. The van der Waals surface area contributed by atoms with Crippen LogP contribution in [-0.4, -0.2) is 4.98 Å². The molecule has 1 aromatic carbocycles. The van der Waals surface area contributed by atoms with Crippen LogP contribution in [0.5, 0.6) is 11.6 Å². The van der Waals surface area contributed by atoms with Gasteiger partial charge in [-0.15, -0.1) is 0 Å². The Morgan fingerprint density at radius 3 is 2.89 bits per heavy atom. The van der Waals surface area contributed by atoms with Gasteiger partial charge in [-0.2, -0.15) is 5.26 Å². The van der Waals surface area contributed by atoms with Crippen molar-refractivity contribution in [1.82, 2.24) is 4.98 Å². The van der Waals surface area contributed by atoms with E-state index in [-0.39, 0.29) is 22.9 Å². The summed E-state index contributed by atoms with van der Waals surface area (Å²) in [6.45, 7) is 0. The Kier molecular flexibility index (Phi) is 3.44. The molecular formula is C12H7BrFN3O. The summed E-state index contributed by atoms with van der Waals surface area (Å²) in [5.41, 5.74) is 6.00. The van der Waals surface area contributed by atoms with E-state index in [9.17, 15) is 4.39 Å². The van der Waals surface area contributed by atoms with Crippen molar-refractivity contribution in [2.24, 2.45) is 0 Å². The predicted octanol–water partition coefficient (Wildman–Crippen LogP) is 3.23. The summed E-state index contributed by atoms with van der Waals surface area (Å²) in [6, 6.07) is 7.61. The number of hydrogen-bond acceptors (Lipinski definition) is 4. The topological polar surface area (TPSA) is 71.9 Å². The Morgan fingerprint density at radius 2 is 2.17 bits per heavy atom. The maximum absolute atomic E-state index is 13.5. The fourth-order valence-corrected chi connectivity index (χ4v) is 1.63. The standard InChI is InChI=1S/C12H7BrFN3O/c13-8-1-2-9(14)10(5-8)18-12-11(16)7(6-15)3-4-17-12/h1-5H,16H2. The minimum Gasteiger partial charge on any atom is -0.434 e. The third-order valence-electron chi connectivity index (χ3n) is 2.17. The van der Waals surface area contributed by atoms with Gasteiger partial charge in [-0.3, -0.25) is 0 Å². The maximum atomic E-state index is 13.5. The summed E-state index contributed by atoms with van der Waals surface area (Å²) < 4.78 is 19.4. The second kappa shape index (κ2) is 5.02. The summed E-state index contributed by atoms with van der Waals surface area (Å²) in [7, 11) is 0. The minimum atomic E-state index is -0.540. The van der Waals surface area contributed by atoms with Gasteiger partial charge in [0.1, 0.15) is 11.8 Å². The van der Waals surface area contributed by atoms with Crippen LogP contribution in [0.1, 0.15) is 5.56 Å². The first kappa shape index (κ1) is 12.3. The van der Waals surface area contributed by atoms with E-state index in [4.69, 9.17) is 15.7 Å². The normalized spacial score (nSPS) is 9.83. The van der Waals surface area contributed by atoms with E-state index >= 15 is 0 Å². The quantitative estimate of drug-likeness (QED) is 0.924. The largest absolute Gasteiger partial charge is 0.434 e. The number of nitriles is 1. The first-order chi connectivity index (χ1) is 8.61. The van der Waals surface area contributed by atoms with Gasteiger partial charge in [0, 0.05) is 10.7 Å². The second-order valence-electron chi connectivity index (χ2n) is 3.37. The molecule has 0 saturated heterocycles. The van der Waals surface area contributed by atoms with Gasteiger partial charge in [0.25, 0.3) is 0 Å². The Balaban J connectivity index is 2.41. The summed E-state index contributed by atoms with van der Waals surface area (Å²) in [5.74, 6) is -0.550. The molecule has 0 aliphatic rings. The van der Waals surface area contributed by atoms with Crippen LogP contribution in [0.3, 0.4) is 0 Å². The van der Waals surface area contributed by atoms with Crippen LogP contribution >= 0.6 is 15.9 Å². The Morgan fingerprint density at radius 1 is 1.39 bits per heavy atom. The minimum absolute atomic E-state index is 0.00560. The van der Waals surface area contributed by atoms with Crippen molar-refractivity contribution in [2.75, 3.05) is 5.73 Å². The molecule has 6 heteroatoms. The lowest BCUT2D eigenvalue weighted by molar-refractivity contribution is 0.429. The highest BCUT2D eigenvalue weighted by Crippen LogP contribution is 2.30. The molecule has 18 heavy (non-hydrogen) atoms. The van der Waals surface area contributed by atoms with E-state index in [0.717, 1.165) is 0 Å². The van der Waals surface area contributed by atoms with Crippen molar-refractivity contribution in [3.63, 3.8) is 0 Å². The average Bonchev–Trinajstić information content (AvgIpc) is 2.36. The first-order valence-corrected chi connectivity index (χ1v) is 5.68. The number of aromatic nitrogens is 1. The van der Waals surface area contributed by atoms with Crippen molar-refractivity contribution in [2.45, 2.75) is 0 Å². The van der Waals surface area contributed by atoms with Gasteiger partial charge in [0.2, 0.25) is 5.88 Å². The summed E-state index contributed by atoms with van der Waals surface area (Å²) in [4.78, 5) is 3.87. The fourth-order valence-electron chi connectivity index (χ4n) is 1.29. The van der Waals surface area contributed by atoms with Gasteiger partial charge in [-0.25, -0.2) is 9.37 Å². The van der Waals surface area contributed by atoms with E-state index in [1.54, 1.807) is 6.07 Å². The zero-order valence-electron chi connectivity index (χ0n) is 9.02. The number of benzene rings is 1. The summed E-state index contributed by atoms with van der Waals surface area (Å²) >= 11 is 3.21. The maximum Gasteiger partial charge on any atom is 0.244 e. The van der Waals surface area contributed by atoms with Crippen LogP contribution < -0.4 is 10.5 Å². The average molecular weight is 308 g/mol. The Bertz CT molecular complexity index is 640. The number of hydrogen-bond donors (Lipinski definition) is 1. The number of ether oxygens (including phenoxy) is 1. The first-order valence-electron chi connectivity index (χ1n) is 4.89. The van der Waals surface area contributed by atoms with Crippen LogP contribution in [0.15, 0.2) is 34.9 Å². The van der Waals surface area contributed by atoms with Crippen molar-refractivity contribution in [3.8, 4) is 17.7 Å². The van der Waals surface area contributed by atoms with Crippen LogP contribution in [-0.2, 0) is 0 Å². The highest BCUT2D eigenvalue weighted by atomic mass is 79.9. The van der Waals surface area contributed by atoms with Crippen LogP contribution in [0, 0.1) is 17.1 Å². The molecule has 0 spiro atoms. The van der Waals surface area contributed by atoms with E-state index in [1.807, 2.05) is 6.07 Å². The molecule has 1 aromatic heterocycles. The summed E-state index contributed by atoms with van der Waals surface area (Å²) in [6.07, 6.45) is 1.38. The molecule has 1 heterocycles. The van der Waals surface area contributed by atoms with Crippen molar-refractivity contribution >= 4 is 21.6 Å². The zero-order chi connectivity index (χ0) is 13.1. The van der Waals surface area contributed by atoms with Crippen LogP contribution in [0.2, 0.25) is 0 Å². The molecule has 0 saturated carbocycles. The highest BCUT2D eigenvalue weighted by molar-refractivity contribution is 9.10. The molecule has 0 amide bonds. The number of nitrogens with zero attached hydrogens (tertiary/aromatic N) is 2. The molecule has 0 unspecified atom stereocenters. The lowest BCUT2D eigenvalue weighted by Gasteiger charge is -2.08. The number of rotatable bonds is 2. The second-order valence-corrected chi connectivity index (χ2v) is 4.28. The molecule has 0 aliphatic heterocycles. The third kappa shape index (κ3) is 2.41. The fraction of sp³-hybridized carbons (Fsp3) is 0. The highest BCUT2D eigenvalue weighted by Gasteiger charge is 2.11. The molecular weight excluding hydrogens is 301 g/mol. The van der Waals surface area contributed by atoms with Gasteiger partial charge in [-0.1, -0.05) is 15.9 Å². The lowest BCUT2D eigenvalue weighted by atomic mass is 10.2. The SMILES string of the molecule is N#Cc1ccnc(Oc2cc(Br)ccc2F)c1N. The molecule has 90 valence electrons. The molecule has 0 radical (unpaired) electrons. The van der Waals surface area contributed by atoms with Gasteiger partial charge in [-0.05, 0) is 24.3 Å². The van der Waals surface area contributed by atoms with Crippen molar-refractivity contribution < 1.29 is 9.13 Å². The smallest absolute Gasteiger partial charge is 0.244 e. The van der Waals surface area contributed by atoms with E-state index < -0.39 is 5.82 Å². The number of nitrogens with two attached hydrogens (primary N) is 1. The van der Waals surface area contributed by atoms with Crippen molar-refractivity contribution in [1.29, 1.82) is 5.26 Å². The van der Waals surface area contributed by atoms with Crippen LogP contribution in [0.4, 0.5) is 10.1 Å². The third-order valence-corrected chi connectivity index (χ3v) is 2.67. The number of anilines is 1. The summed E-state index contributed by atoms with van der Waals surface area (Å²) in [5, 5.41) is 8.81. The molecule has 0 bridgehead atoms. The van der Waals surface area contributed by atoms with Gasteiger partial charge in [0.15, 0.2) is 11.6 Å². The number of halogens is 2. The molecule has 2 aromatic rings. The van der Waals surface area contributed by atoms with E-state index in [0.29, 0.717) is 4.47 Å². The predicted molar refractivity (Wildman–Crippen MR) is 67.5 cm³/mol. The van der Waals surface area contributed by atoms with Crippen LogP contribution in [0.25, 0.3) is 0 Å². The van der Waals surface area contributed by atoms with E-state index in [1.165, 1.54) is 24.4 Å². The lowest BCUT2D eigenvalue weighted by Crippen LogP contribution is -1.98. The van der Waals surface area contributed by atoms with Gasteiger partial charge < -0.3 is 10.5 Å². The number of pyridine rings is 1. The Hall–Kier alpha value is -2.13. The van der Waals surface area contributed by atoms with Gasteiger partial charge in [0.05, 0.1) is 5.56 Å². The monoisotopic (exact) mass is 307 g/mol. The molecule has 0 aliphatic carbocycles. The molecule has 0 fully saturated rings. The molecule has 0 atom stereocenters. The zero-order valence-corrected chi connectivity index (χ0v) is 10.6. The molecule has 4 nitrogen and oxygen atoms in total. The van der Waals surface area contributed by atoms with Crippen molar-refractivity contribution in [3.05, 3.63) is 46.3 Å².